The Kier molecular flexibility index (Phi) is 4.93. The topological polar surface area (TPSA) is 84.2 Å². The summed E-state index contributed by atoms with van der Waals surface area (Å²) in [4.78, 5) is 28.0. The van der Waals surface area contributed by atoms with E-state index in [-0.39, 0.29) is 17.7 Å². The number of hydrogen-bond acceptors (Lipinski definition) is 4. The summed E-state index contributed by atoms with van der Waals surface area (Å²) in [5.41, 5.74) is 1.50. The zero-order valence-electron chi connectivity index (χ0n) is 13.6. The third-order valence-corrected chi connectivity index (χ3v) is 4.36. The van der Waals surface area contributed by atoms with E-state index in [0.717, 1.165) is 31.2 Å². The van der Waals surface area contributed by atoms with Gasteiger partial charge in [-0.15, -0.1) is 0 Å². The first-order valence-electron chi connectivity index (χ1n) is 8.20. The van der Waals surface area contributed by atoms with Gasteiger partial charge in [0.15, 0.2) is 12.2 Å². The standard InChI is InChI=1S/C18H21N3O3/c1-12(22)20-17(13-5-2-3-6-13)18(23)21-15-8-4-7-14(9-15)16-10-19-11-24-16/h4,7-11,13,17H,2-3,5-6H2,1H3,(H,20,22)(H,21,23). The van der Waals surface area contributed by atoms with E-state index < -0.39 is 6.04 Å². The zero-order chi connectivity index (χ0) is 16.9. The minimum atomic E-state index is -0.487. The number of carbonyl (C=O) groups is 2. The maximum atomic E-state index is 12.7. The molecule has 6 nitrogen and oxygen atoms in total. The van der Waals surface area contributed by atoms with Gasteiger partial charge in [0.25, 0.3) is 0 Å². The van der Waals surface area contributed by atoms with Crippen molar-refractivity contribution in [1.82, 2.24) is 10.3 Å². The Balaban J connectivity index is 1.74. The molecule has 3 rings (SSSR count). The Bertz CT molecular complexity index is 706. The van der Waals surface area contributed by atoms with Crippen LogP contribution < -0.4 is 10.6 Å². The summed E-state index contributed by atoms with van der Waals surface area (Å²) in [5.74, 6) is 0.482. The number of anilines is 1. The second-order valence-electron chi connectivity index (χ2n) is 6.16. The van der Waals surface area contributed by atoms with Crippen molar-refractivity contribution >= 4 is 17.5 Å². The van der Waals surface area contributed by atoms with Gasteiger partial charge in [0, 0.05) is 18.2 Å². The highest BCUT2D eigenvalue weighted by molar-refractivity contribution is 5.97. The molecular formula is C18H21N3O3. The van der Waals surface area contributed by atoms with Crippen molar-refractivity contribution in [2.45, 2.75) is 38.6 Å². The lowest BCUT2D eigenvalue weighted by molar-refractivity contribution is -0.126. The first-order chi connectivity index (χ1) is 11.6. The van der Waals surface area contributed by atoms with Crippen molar-refractivity contribution in [2.24, 2.45) is 5.92 Å². The quantitative estimate of drug-likeness (QED) is 0.884. The number of carbonyl (C=O) groups excluding carboxylic acids is 2. The highest BCUT2D eigenvalue weighted by atomic mass is 16.3. The molecule has 1 aliphatic rings. The van der Waals surface area contributed by atoms with E-state index in [1.165, 1.54) is 13.3 Å². The summed E-state index contributed by atoms with van der Waals surface area (Å²) < 4.78 is 5.28. The highest BCUT2D eigenvalue weighted by Gasteiger charge is 2.31. The van der Waals surface area contributed by atoms with Gasteiger partial charge < -0.3 is 15.1 Å². The average molecular weight is 327 g/mol. The number of benzene rings is 1. The molecule has 1 fully saturated rings. The molecule has 1 aromatic carbocycles. The van der Waals surface area contributed by atoms with E-state index in [9.17, 15) is 9.59 Å². The maximum absolute atomic E-state index is 12.7. The van der Waals surface area contributed by atoms with Gasteiger partial charge in [-0.2, -0.15) is 0 Å². The van der Waals surface area contributed by atoms with Crippen LogP contribution in [0.25, 0.3) is 11.3 Å². The minimum Gasteiger partial charge on any atom is -0.444 e. The lowest BCUT2D eigenvalue weighted by atomic mass is 9.97. The molecule has 2 N–H and O–H groups in total. The SMILES string of the molecule is CC(=O)NC(C(=O)Nc1cccc(-c2cnco2)c1)C1CCCC1. The second kappa shape index (κ2) is 7.29. The molecule has 0 saturated heterocycles. The molecule has 24 heavy (non-hydrogen) atoms. The molecule has 1 aliphatic carbocycles. The third kappa shape index (κ3) is 3.82. The summed E-state index contributed by atoms with van der Waals surface area (Å²) in [6.07, 6.45) is 7.14. The molecule has 0 bridgehead atoms. The molecule has 126 valence electrons. The Morgan fingerprint density at radius 2 is 2.08 bits per heavy atom. The molecular weight excluding hydrogens is 306 g/mol. The third-order valence-electron chi connectivity index (χ3n) is 4.36. The normalized spacial score (nSPS) is 15.9. The zero-order valence-corrected chi connectivity index (χ0v) is 13.6. The van der Waals surface area contributed by atoms with Crippen molar-refractivity contribution in [3.8, 4) is 11.3 Å². The molecule has 0 spiro atoms. The monoisotopic (exact) mass is 327 g/mol. The summed E-state index contributed by atoms with van der Waals surface area (Å²) >= 11 is 0. The van der Waals surface area contributed by atoms with E-state index in [1.807, 2.05) is 24.3 Å². The molecule has 0 radical (unpaired) electrons. The van der Waals surface area contributed by atoms with Crippen LogP contribution in [0.15, 0.2) is 41.3 Å². The van der Waals surface area contributed by atoms with Crippen molar-refractivity contribution in [2.75, 3.05) is 5.32 Å². The van der Waals surface area contributed by atoms with Crippen LogP contribution >= 0.6 is 0 Å². The summed E-state index contributed by atoms with van der Waals surface area (Å²) in [7, 11) is 0. The van der Waals surface area contributed by atoms with Crippen LogP contribution in [0.2, 0.25) is 0 Å². The number of nitrogens with zero attached hydrogens (tertiary/aromatic N) is 1. The number of rotatable bonds is 5. The lowest BCUT2D eigenvalue weighted by Gasteiger charge is -2.23. The van der Waals surface area contributed by atoms with Crippen molar-refractivity contribution < 1.29 is 14.0 Å². The molecule has 1 unspecified atom stereocenters. The summed E-state index contributed by atoms with van der Waals surface area (Å²) in [6.45, 7) is 1.44. The van der Waals surface area contributed by atoms with E-state index in [2.05, 4.69) is 15.6 Å². The highest BCUT2D eigenvalue weighted by Crippen LogP contribution is 2.29. The number of amides is 2. The van der Waals surface area contributed by atoms with E-state index in [1.54, 1.807) is 6.20 Å². The summed E-state index contributed by atoms with van der Waals surface area (Å²) in [5, 5.41) is 5.72. The fraction of sp³-hybridized carbons (Fsp3) is 0.389. The first kappa shape index (κ1) is 16.2. The van der Waals surface area contributed by atoms with Gasteiger partial charge in [0.1, 0.15) is 6.04 Å². The number of hydrogen-bond donors (Lipinski definition) is 2. The maximum Gasteiger partial charge on any atom is 0.247 e. The largest absolute Gasteiger partial charge is 0.444 e. The van der Waals surface area contributed by atoms with Crippen molar-refractivity contribution in [1.29, 1.82) is 0 Å². The number of nitrogens with one attached hydrogen (secondary N) is 2. The van der Waals surface area contributed by atoms with Crippen LogP contribution in [0.5, 0.6) is 0 Å². The number of aromatic nitrogens is 1. The molecule has 1 heterocycles. The van der Waals surface area contributed by atoms with Gasteiger partial charge in [-0.05, 0) is 30.9 Å². The number of oxazole rings is 1. The molecule has 1 saturated carbocycles. The Labute approximate surface area is 140 Å². The minimum absolute atomic E-state index is 0.174. The predicted octanol–water partition coefficient (Wildman–Crippen LogP) is 2.98. The van der Waals surface area contributed by atoms with Gasteiger partial charge in [-0.3, -0.25) is 9.59 Å². The molecule has 0 aliphatic heterocycles. The predicted molar refractivity (Wildman–Crippen MR) is 90.1 cm³/mol. The van der Waals surface area contributed by atoms with Crippen molar-refractivity contribution in [3.05, 3.63) is 36.9 Å². The van der Waals surface area contributed by atoms with Crippen molar-refractivity contribution in [3.63, 3.8) is 0 Å². The average Bonchev–Trinajstić information content (AvgIpc) is 3.26. The van der Waals surface area contributed by atoms with Crippen LogP contribution in [0, 0.1) is 5.92 Å². The van der Waals surface area contributed by atoms with Gasteiger partial charge in [-0.1, -0.05) is 25.0 Å². The van der Waals surface area contributed by atoms with Crippen LogP contribution in [-0.4, -0.2) is 22.8 Å². The second-order valence-corrected chi connectivity index (χ2v) is 6.16. The van der Waals surface area contributed by atoms with Crippen LogP contribution in [-0.2, 0) is 9.59 Å². The Morgan fingerprint density at radius 1 is 1.29 bits per heavy atom. The fourth-order valence-electron chi connectivity index (χ4n) is 3.24. The molecule has 2 amide bonds. The molecule has 1 atom stereocenters. The summed E-state index contributed by atoms with van der Waals surface area (Å²) in [6, 6.07) is 6.89. The van der Waals surface area contributed by atoms with E-state index in [0.29, 0.717) is 11.4 Å². The van der Waals surface area contributed by atoms with Gasteiger partial charge in [-0.25, -0.2) is 4.98 Å². The molecule has 1 aromatic heterocycles. The fourth-order valence-corrected chi connectivity index (χ4v) is 3.24. The lowest BCUT2D eigenvalue weighted by Crippen LogP contribution is -2.47. The Morgan fingerprint density at radius 3 is 2.75 bits per heavy atom. The van der Waals surface area contributed by atoms with Crippen LogP contribution in [0.4, 0.5) is 5.69 Å². The van der Waals surface area contributed by atoms with E-state index in [4.69, 9.17) is 4.42 Å². The van der Waals surface area contributed by atoms with E-state index >= 15 is 0 Å². The van der Waals surface area contributed by atoms with Crippen LogP contribution in [0.1, 0.15) is 32.6 Å². The van der Waals surface area contributed by atoms with Gasteiger partial charge in [0.2, 0.25) is 11.8 Å². The Hall–Kier alpha value is -2.63. The smallest absolute Gasteiger partial charge is 0.247 e. The van der Waals surface area contributed by atoms with Crippen LogP contribution in [0.3, 0.4) is 0 Å². The van der Waals surface area contributed by atoms with Gasteiger partial charge in [0.05, 0.1) is 6.20 Å². The van der Waals surface area contributed by atoms with Gasteiger partial charge >= 0.3 is 0 Å². The molecule has 2 aromatic rings. The molecule has 6 heteroatoms. The first-order valence-corrected chi connectivity index (χ1v) is 8.20.